The van der Waals surface area contributed by atoms with Gasteiger partial charge in [-0.1, -0.05) is 13.0 Å². The minimum absolute atomic E-state index is 0.261. The molecular formula is C15H25NO2. The minimum atomic E-state index is 0.261. The molecule has 0 saturated heterocycles. The van der Waals surface area contributed by atoms with Crippen LogP contribution >= 0.6 is 0 Å². The molecule has 0 aliphatic heterocycles. The van der Waals surface area contributed by atoms with Crippen LogP contribution in [0.5, 0.6) is 11.5 Å². The molecule has 2 atom stereocenters. The molecule has 2 N–H and O–H groups in total. The summed E-state index contributed by atoms with van der Waals surface area (Å²) in [7, 11) is 1.67. The number of methoxy groups -OCH3 is 1. The number of hydrogen-bond acceptors (Lipinski definition) is 3. The summed E-state index contributed by atoms with van der Waals surface area (Å²) in [6, 6.07) is 6.42. The zero-order valence-electron chi connectivity index (χ0n) is 11.9. The Bertz CT molecular complexity index is 364. The molecule has 3 heteroatoms. The Hall–Kier alpha value is -1.22. The Kier molecular flexibility index (Phi) is 5.99. The van der Waals surface area contributed by atoms with E-state index in [1.54, 1.807) is 7.11 Å². The van der Waals surface area contributed by atoms with Crippen molar-refractivity contribution in [2.75, 3.05) is 13.7 Å². The predicted octanol–water partition coefficient (Wildman–Crippen LogP) is 3.32. The molecule has 0 heterocycles. The van der Waals surface area contributed by atoms with Crippen LogP contribution in [0.3, 0.4) is 0 Å². The Morgan fingerprint density at radius 2 is 1.89 bits per heavy atom. The van der Waals surface area contributed by atoms with Crippen molar-refractivity contribution in [2.45, 2.75) is 45.6 Å². The lowest BCUT2D eigenvalue weighted by molar-refractivity contribution is 0.310. The van der Waals surface area contributed by atoms with Crippen molar-refractivity contribution >= 4 is 0 Å². The fourth-order valence-electron chi connectivity index (χ4n) is 1.95. The molecule has 102 valence electrons. The highest BCUT2D eigenvalue weighted by Gasteiger charge is 2.11. The highest BCUT2D eigenvalue weighted by molar-refractivity contribution is 5.43. The van der Waals surface area contributed by atoms with Gasteiger partial charge in [0.05, 0.1) is 13.7 Å². The molecule has 0 aliphatic rings. The van der Waals surface area contributed by atoms with Gasteiger partial charge in [-0.2, -0.15) is 0 Å². The van der Waals surface area contributed by atoms with Crippen molar-refractivity contribution in [2.24, 2.45) is 5.73 Å². The van der Waals surface area contributed by atoms with Gasteiger partial charge in [0.1, 0.15) is 0 Å². The summed E-state index contributed by atoms with van der Waals surface area (Å²) in [5, 5.41) is 0. The third-order valence-electron chi connectivity index (χ3n) is 3.11. The van der Waals surface area contributed by atoms with Crippen LogP contribution in [0.4, 0.5) is 0 Å². The minimum Gasteiger partial charge on any atom is -0.493 e. The molecule has 0 amide bonds. The molecule has 0 radical (unpaired) electrons. The molecule has 1 aromatic rings. The van der Waals surface area contributed by atoms with Crippen molar-refractivity contribution in [3.63, 3.8) is 0 Å². The summed E-state index contributed by atoms with van der Waals surface area (Å²) >= 11 is 0. The second-order valence-corrected chi connectivity index (χ2v) is 4.80. The summed E-state index contributed by atoms with van der Waals surface area (Å²) < 4.78 is 10.9. The first-order valence-corrected chi connectivity index (χ1v) is 6.64. The second kappa shape index (κ2) is 7.27. The van der Waals surface area contributed by atoms with E-state index in [1.807, 2.05) is 19.9 Å². The number of rotatable bonds is 7. The normalized spacial score (nSPS) is 14.1. The maximum Gasteiger partial charge on any atom is 0.161 e. The maximum atomic E-state index is 5.79. The van der Waals surface area contributed by atoms with E-state index >= 15 is 0 Å². The monoisotopic (exact) mass is 251 g/mol. The van der Waals surface area contributed by atoms with Crippen LogP contribution in [-0.2, 0) is 0 Å². The first-order valence-electron chi connectivity index (χ1n) is 6.64. The van der Waals surface area contributed by atoms with Crippen molar-refractivity contribution in [3.8, 4) is 11.5 Å². The molecule has 3 nitrogen and oxygen atoms in total. The SMILES string of the molecule is CCOc1ccc(C(C)CCC(C)N)cc1OC. The zero-order chi connectivity index (χ0) is 13.5. The Morgan fingerprint density at radius 3 is 2.44 bits per heavy atom. The van der Waals surface area contributed by atoms with Gasteiger partial charge in [0.15, 0.2) is 11.5 Å². The largest absolute Gasteiger partial charge is 0.493 e. The van der Waals surface area contributed by atoms with Crippen LogP contribution in [0.1, 0.15) is 45.1 Å². The predicted molar refractivity (Wildman–Crippen MR) is 75.5 cm³/mol. The van der Waals surface area contributed by atoms with Gasteiger partial charge in [0, 0.05) is 6.04 Å². The third-order valence-corrected chi connectivity index (χ3v) is 3.11. The van der Waals surface area contributed by atoms with Gasteiger partial charge < -0.3 is 15.2 Å². The Morgan fingerprint density at radius 1 is 1.17 bits per heavy atom. The quantitative estimate of drug-likeness (QED) is 0.808. The first kappa shape index (κ1) is 14.8. The van der Waals surface area contributed by atoms with Crippen LogP contribution in [-0.4, -0.2) is 19.8 Å². The van der Waals surface area contributed by atoms with E-state index in [1.165, 1.54) is 5.56 Å². The average molecular weight is 251 g/mol. The van der Waals surface area contributed by atoms with Gasteiger partial charge in [-0.15, -0.1) is 0 Å². The van der Waals surface area contributed by atoms with Crippen molar-refractivity contribution in [3.05, 3.63) is 23.8 Å². The van der Waals surface area contributed by atoms with Crippen LogP contribution in [0.25, 0.3) is 0 Å². The highest BCUT2D eigenvalue weighted by atomic mass is 16.5. The maximum absolute atomic E-state index is 5.79. The number of ether oxygens (including phenoxy) is 2. The van der Waals surface area contributed by atoms with Gasteiger partial charge >= 0.3 is 0 Å². The fraction of sp³-hybridized carbons (Fsp3) is 0.600. The smallest absolute Gasteiger partial charge is 0.161 e. The summed E-state index contributed by atoms with van der Waals surface area (Å²) in [5.74, 6) is 2.10. The van der Waals surface area contributed by atoms with E-state index in [2.05, 4.69) is 19.1 Å². The van der Waals surface area contributed by atoms with Gasteiger partial charge in [0.25, 0.3) is 0 Å². The summed E-state index contributed by atoms with van der Waals surface area (Å²) in [6.45, 7) is 6.89. The van der Waals surface area contributed by atoms with E-state index in [9.17, 15) is 0 Å². The first-order chi connectivity index (χ1) is 8.58. The van der Waals surface area contributed by atoms with Crippen molar-refractivity contribution in [1.29, 1.82) is 0 Å². The van der Waals surface area contributed by atoms with Crippen molar-refractivity contribution in [1.82, 2.24) is 0 Å². The van der Waals surface area contributed by atoms with Gasteiger partial charge in [-0.25, -0.2) is 0 Å². The van der Waals surface area contributed by atoms with Gasteiger partial charge in [-0.3, -0.25) is 0 Å². The van der Waals surface area contributed by atoms with Crippen molar-refractivity contribution < 1.29 is 9.47 Å². The molecule has 0 saturated carbocycles. The average Bonchev–Trinajstić information content (AvgIpc) is 2.36. The molecule has 1 aromatic carbocycles. The standard InChI is InChI=1S/C15H25NO2/c1-5-18-14-9-8-13(10-15(14)17-4)11(2)6-7-12(3)16/h8-12H,5-7,16H2,1-4H3. The summed E-state index contributed by atoms with van der Waals surface area (Å²) in [6.07, 6.45) is 2.13. The second-order valence-electron chi connectivity index (χ2n) is 4.80. The molecular weight excluding hydrogens is 226 g/mol. The highest BCUT2D eigenvalue weighted by Crippen LogP contribution is 2.32. The Balaban J connectivity index is 2.77. The molecule has 0 aromatic heterocycles. The van der Waals surface area contributed by atoms with E-state index < -0.39 is 0 Å². The van der Waals surface area contributed by atoms with E-state index in [-0.39, 0.29) is 6.04 Å². The third kappa shape index (κ3) is 4.22. The topological polar surface area (TPSA) is 44.5 Å². The number of hydrogen-bond donors (Lipinski definition) is 1. The van der Waals surface area contributed by atoms with Crippen LogP contribution in [0.2, 0.25) is 0 Å². The summed E-state index contributed by atoms with van der Waals surface area (Å²) in [4.78, 5) is 0. The molecule has 2 unspecified atom stereocenters. The van der Waals surface area contributed by atoms with E-state index in [0.717, 1.165) is 24.3 Å². The molecule has 0 bridgehead atoms. The lowest BCUT2D eigenvalue weighted by Gasteiger charge is -2.16. The number of benzene rings is 1. The van der Waals surface area contributed by atoms with E-state index in [4.69, 9.17) is 15.2 Å². The van der Waals surface area contributed by atoms with Crippen LogP contribution in [0, 0.1) is 0 Å². The lowest BCUT2D eigenvalue weighted by atomic mass is 9.94. The zero-order valence-corrected chi connectivity index (χ0v) is 11.9. The molecule has 1 rings (SSSR count). The molecule has 0 aliphatic carbocycles. The van der Waals surface area contributed by atoms with Crippen LogP contribution in [0.15, 0.2) is 18.2 Å². The van der Waals surface area contributed by atoms with E-state index in [0.29, 0.717) is 12.5 Å². The summed E-state index contributed by atoms with van der Waals surface area (Å²) in [5.41, 5.74) is 7.07. The molecule has 18 heavy (non-hydrogen) atoms. The Labute approximate surface area is 110 Å². The number of nitrogens with two attached hydrogens (primary N) is 1. The van der Waals surface area contributed by atoms with Gasteiger partial charge in [0.2, 0.25) is 0 Å². The van der Waals surface area contributed by atoms with Gasteiger partial charge in [-0.05, 0) is 50.3 Å². The fourth-order valence-corrected chi connectivity index (χ4v) is 1.95. The lowest BCUT2D eigenvalue weighted by Crippen LogP contribution is -2.15. The molecule has 0 spiro atoms. The molecule has 0 fully saturated rings. The van der Waals surface area contributed by atoms with Crippen LogP contribution < -0.4 is 15.2 Å².